The molecule has 0 spiro atoms. The second-order valence-electron chi connectivity index (χ2n) is 5.26. The molecule has 2 rings (SSSR count). The molecule has 0 radical (unpaired) electrons. The molecule has 0 aliphatic heterocycles. The summed E-state index contributed by atoms with van der Waals surface area (Å²) in [6, 6.07) is 5.26. The van der Waals surface area contributed by atoms with Crippen molar-refractivity contribution in [2.24, 2.45) is 5.92 Å². The van der Waals surface area contributed by atoms with Crippen molar-refractivity contribution in [1.82, 2.24) is 0 Å². The van der Waals surface area contributed by atoms with E-state index in [9.17, 15) is 15.2 Å². The number of nitro groups is 1. The van der Waals surface area contributed by atoms with Crippen LogP contribution in [0.25, 0.3) is 0 Å². The number of anilines is 2. The van der Waals surface area contributed by atoms with Crippen LogP contribution in [0.5, 0.6) is 0 Å². The lowest BCUT2D eigenvalue weighted by Gasteiger charge is -2.31. The van der Waals surface area contributed by atoms with Gasteiger partial charge in [0, 0.05) is 13.1 Å². The van der Waals surface area contributed by atoms with E-state index in [-0.39, 0.29) is 16.7 Å². The first kappa shape index (κ1) is 14.6. The topological polar surface area (TPSA) is 87.4 Å². The van der Waals surface area contributed by atoms with Gasteiger partial charge in [-0.2, -0.15) is 0 Å². The molecule has 3 N–H and O–H groups in total. The third-order valence-electron chi connectivity index (χ3n) is 3.58. The summed E-state index contributed by atoms with van der Waals surface area (Å²) in [6.07, 6.45) is 2.26. The minimum atomic E-state index is -0.351. The van der Waals surface area contributed by atoms with E-state index in [1.54, 1.807) is 12.1 Å². The van der Waals surface area contributed by atoms with Gasteiger partial charge in [0.2, 0.25) is 0 Å². The molecule has 0 heterocycles. The Morgan fingerprint density at radius 2 is 2.00 bits per heavy atom. The fourth-order valence-electron chi connectivity index (χ4n) is 2.41. The number of aliphatic hydroxyl groups is 1. The number of para-hydroxylation sites is 1. The van der Waals surface area contributed by atoms with E-state index in [0.717, 1.165) is 19.3 Å². The summed E-state index contributed by atoms with van der Waals surface area (Å²) < 4.78 is 0. The number of nitro benzene ring substituents is 1. The lowest BCUT2D eigenvalue weighted by Crippen LogP contribution is -2.33. The molecule has 20 heavy (non-hydrogen) atoms. The van der Waals surface area contributed by atoms with Crippen LogP contribution in [0.3, 0.4) is 0 Å². The van der Waals surface area contributed by atoms with Crippen molar-refractivity contribution in [1.29, 1.82) is 0 Å². The molecule has 1 aliphatic carbocycles. The second-order valence-corrected chi connectivity index (χ2v) is 5.26. The number of nitrogens with one attached hydrogen (secondary N) is 2. The number of rotatable bonds is 7. The molecule has 1 fully saturated rings. The Morgan fingerprint density at radius 3 is 2.55 bits per heavy atom. The fourth-order valence-corrected chi connectivity index (χ4v) is 2.41. The van der Waals surface area contributed by atoms with Gasteiger partial charge in [-0.05, 0) is 37.3 Å². The van der Waals surface area contributed by atoms with Gasteiger partial charge >= 0.3 is 5.69 Å². The Balaban J connectivity index is 2.08. The zero-order valence-corrected chi connectivity index (χ0v) is 11.6. The van der Waals surface area contributed by atoms with E-state index >= 15 is 0 Å². The number of benzene rings is 1. The summed E-state index contributed by atoms with van der Waals surface area (Å²) in [5.74, 6) is 0.400. The quantitative estimate of drug-likeness (QED) is 0.527. The number of aliphatic hydroxyl groups excluding tert-OH is 1. The molecule has 0 unspecified atom stereocenters. The van der Waals surface area contributed by atoms with E-state index in [1.165, 1.54) is 0 Å². The minimum absolute atomic E-state index is 0.0980. The molecule has 0 bridgehead atoms. The Kier molecular flexibility index (Phi) is 4.79. The molecular weight excluding hydrogens is 258 g/mol. The number of hydrogen-bond acceptors (Lipinski definition) is 5. The van der Waals surface area contributed by atoms with Crippen LogP contribution < -0.4 is 10.6 Å². The van der Waals surface area contributed by atoms with E-state index in [2.05, 4.69) is 10.6 Å². The van der Waals surface area contributed by atoms with Crippen LogP contribution >= 0.6 is 0 Å². The van der Waals surface area contributed by atoms with Gasteiger partial charge in [0.25, 0.3) is 0 Å². The first-order valence-corrected chi connectivity index (χ1v) is 7.05. The second kappa shape index (κ2) is 6.56. The third-order valence-corrected chi connectivity index (χ3v) is 3.58. The molecule has 1 aromatic rings. The molecule has 0 saturated heterocycles. The smallest absolute Gasteiger partial charge is 0.315 e. The lowest BCUT2D eigenvalue weighted by atomic mass is 9.82. The molecule has 0 atom stereocenters. The van der Waals surface area contributed by atoms with E-state index in [4.69, 9.17) is 0 Å². The monoisotopic (exact) mass is 279 g/mol. The lowest BCUT2D eigenvalue weighted by molar-refractivity contribution is -0.383. The van der Waals surface area contributed by atoms with Gasteiger partial charge < -0.3 is 15.7 Å². The molecule has 110 valence electrons. The number of nitrogens with zero attached hydrogens (tertiary/aromatic N) is 1. The first-order valence-electron chi connectivity index (χ1n) is 7.05. The summed E-state index contributed by atoms with van der Waals surface area (Å²) in [5, 5.41) is 26.8. The Labute approximate surface area is 118 Å². The van der Waals surface area contributed by atoms with Crippen molar-refractivity contribution in [2.45, 2.75) is 32.3 Å². The zero-order chi connectivity index (χ0) is 14.5. The van der Waals surface area contributed by atoms with Crippen molar-refractivity contribution in [3.05, 3.63) is 28.3 Å². The van der Waals surface area contributed by atoms with Crippen LogP contribution in [-0.4, -0.2) is 29.2 Å². The average molecular weight is 279 g/mol. The van der Waals surface area contributed by atoms with E-state index < -0.39 is 0 Å². The van der Waals surface area contributed by atoms with Crippen LogP contribution in [0.2, 0.25) is 0 Å². The highest BCUT2D eigenvalue weighted by molar-refractivity contribution is 5.76. The highest BCUT2D eigenvalue weighted by Crippen LogP contribution is 2.34. The van der Waals surface area contributed by atoms with Crippen molar-refractivity contribution >= 4 is 17.1 Å². The van der Waals surface area contributed by atoms with Crippen molar-refractivity contribution in [3.63, 3.8) is 0 Å². The third kappa shape index (κ3) is 3.39. The zero-order valence-electron chi connectivity index (χ0n) is 11.6. The molecule has 1 saturated carbocycles. The van der Waals surface area contributed by atoms with Gasteiger partial charge in [-0.25, -0.2) is 0 Å². The van der Waals surface area contributed by atoms with Gasteiger partial charge in [0.1, 0.15) is 11.4 Å². The average Bonchev–Trinajstić information content (AvgIpc) is 2.39. The molecular formula is C14H21N3O3. The number of hydrogen-bond donors (Lipinski definition) is 3. The van der Waals surface area contributed by atoms with Crippen molar-refractivity contribution in [2.75, 3.05) is 23.7 Å². The minimum Gasteiger partial charge on any atom is -0.393 e. The van der Waals surface area contributed by atoms with Crippen LogP contribution in [0.4, 0.5) is 17.1 Å². The van der Waals surface area contributed by atoms with Crippen LogP contribution in [0, 0.1) is 16.0 Å². The summed E-state index contributed by atoms with van der Waals surface area (Å²) in [6.45, 7) is 3.39. The normalized spacial score (nSPS) is 21.1. The van der Waals surface area contributed by atoms with Gasteiger partial charge in [-0.15, -0.1) is 0 Å². The Morgan fingerprint density at radius 1 is 1.35 bits per heavy atom. The standard InChI is InChI=1S/C14H21N3O3/c1-2-6-15-12-4-3-5-13(14(12)17(19)20)16-9-10-7-11(18)8-10/h3-5,10-11,15-16,18H,2,6-9H2,1H3. The largest absolute Gasteiger partial charge is 0.393 e. The highest BCUT2D eigenvalue weighted by Gasteiger charge is 2.28. The Hall–Kier alpha value is -1.82. The molecule has 1 aromatic carbocycles. The van der Waals surface area contributed by atoms with Crippen LogP contribution in [0.15, 0.2) is 18.2 Å². The van der Waals surface area contributed by atoms with E-state index in [0.29, 0.717) is 30.4 Å². The van der Waals surface area contributed by atoms with Crippen molar-refractivity contribution < 1.29 is 10.0 Å². The highest BCUT2D eigenvalue weighted by atomic mass is 16.6. The van der Waals surface area contributed by atoms with Gasteiger partial charge in [0.15, 0.2) is 0 Å². The molecule has 1 aliphatic rings. The predicted octanol–water partition coefficient (Wildman–Crippen LogP) is 2.60. The van der Waals surface area contributed by atoms with Gasteiger partial charge in [0.05, 0.1) is 11.0 Å². The maximum absolute atomic E-state index is 11.3. The van der Waals surface area contributed by atoms with Gasteiger partial charge in [-0.1, -0.05) is 13.0 Å². The van der Waals surface area contributed by atoms with Crippen LogP contribution in [-0.2, 0) is 0 Å². The van der Waals surface area contributed by atoms with Gasteiger partial charge in [-0.3, -0.25) is 10.1 Å². The predicted molar refractivity (Wildman–Crippen MR) is 79.1 cm³/mol. The first-order chi connectivity index (χ1) is 9.61. The summed E-state index contributed by atoms with van der Waals surface area (Å²) in [5.41, 5.74) is 1.19. The molecule has 0 aromatic heterocycles. The molecule has 0 amide bonds. The maximum atomic E-state index is 11.3. The SMILES string of the molecule is CCCNc1cccc(NCC2CC(O)C2)c1[N+](=O)[O-]. The summed E-state index contributed by atoms with van der Waals surface area (Å²) in [4.78, 5) is 10.9. The summed E-state index contributed by atoms with van der Waals surface area (Å²) in [7, 11) is 0. The van der Waals surface area contributed by atoms with Crippen molar-refractivity contribution in [3.8, 4) is 0 Å². The van der Waals surface area contributed by atoms with Crippen LogP contribution in [0.1, 0.15) is 26.2 Å². The van der Waals surface area contributed by atoms with E-state index in [1.807, 2.05) is 13.0 Å². The Bertz CT molecular complexity index is 473. The summed E-state index contributed by atoms with van der Waals surface area (Å²) >= 11 is 0. The fraction of sp³-hybridized carbons (Fsp3) is 0.571. The molecule has 6 nitrogen and oxygen atoms in total. The maximum Gasteiger partial charge on any atom is 0.315 e. The molecule has 6 heteroatoms.